The predicted molar refractivity (Wildman–Crippen MR) is 64.2 cm³/mol. The Bertz CT molecular complexity index is 515. The topological polar surface area (TPSA) is 49.4 Å². The lowest BCUT2D eigenvalue weighted by atomic mass is 10.1. The van der Waals surface area contributed by atoms with E-state index in [1.165, 1.54) is 31.1 Å². The Morgan fingerprint density at radius 3 is 2.32 bits per heavy atom. The summed E-state index contributed by atoms with van der Waals surface area (Å²) in [4.78, 5) is 23.7. The second-order valence-corrected chi connectivity index (χ2v) is 4.25. The van der Waals surface area contributed by atoms with Gasteiger partial charge < -0.3 is 10.2 Å². The molecule has 1 aromatic rings. The van der Waals surface area contributed by atoms with Crippen LogP contribution >= 0.6 is 11.6 Å². The summed E-state index contributed by atoms with van der Waals surface area (Å²) in [7, 11) is 2.94. The molecule has 1 aromatic carbocycles. The quantitative estimate of drug-likeness (QED) is 0.911. The summed E-state index contributed by atoms with van der Waals surface area (Å²) in [5.74, 6) is -2.59. The molecule has 0 fully saturated rings. The number of amides is 2. The molecule has 8 heteroatoms. The number of anilines is 1. The molecule has 0 unspecified atom stereocenters. The van der Waals surface area contributed by atoms with Crippen molar-refractivity contribution in [1.29, 1.82) is 0 Å². The molecule has 0 aliphatic carbocycles. The molecule has 2 amide bonds. The molecule has 4 nitrogen and oxygen atoms in total. The van der Waals surface area contributed by atoms with E-state index in [-0.39, 0.29) is 16.3 Å². The number of carbonyl (C=O) groups is 2. The second kappa shape index (κ2) is 5.48. The van der Waals surface area contributed by atoms with Crippen molar-refractivity contribution in [2.24, 2.45) is 0 Å². The number of hydrogen-bond acceptors (Lipinski definition) is 2. The summed E-state index contributed by atoms with van der Waals surface area (Å²) in [6.45, 7) is 0. The minimum atomic E-state index is -4.99. The number of benzene rings is 1. The molecule has 1 N–H and O–H groups in total. The van der Waals surface area contributed by atoms with E-state index in [0.717, 1.165) is 6.07 Å². The lowest BCUT2D eigenvalue weighted by Gasteiger charge is -2.13. The Morgan fingerprint density at radius 2 is 1.84 bits per heavy atom. The van der Waals surface area contributed by atoms with Crippen molar-refractivity contribution in [3.8, 4) is 0 Å². The van der Waals surface area contributed by atoms with Gasteiger partial charge in [0.25, 0.3) is 5.91 Å². The fourth-order valence-corrected chi connectivity index (χ4v) is 1.41. The largest absolute Gasteiger partial charge is 0.471 e. The maximum atomic E-state index is 12.1. The van der Waals surface area contributed by atoms with Crippen LogP contribution in [0.4, 0.5) is 18.9 Å². The van der Waals surface area contributed by atoms with Gasteiger partial charge >= 0.3 is 12.1 Å². The molecule has 0 bridgehead atoms. The predicted octanol–water partition coefficient (Wildman–Crippen LogP) is 2.54. The van der Waals surface area contributed by atoms with E-state index < -0.39 is 18.0 Å². The number of hydrogen-bond donors (Lipinski definition) is 1. The van der Waals surface area contributed by atoms with E-state index in [1.54, 1.807) is 5.32 Å². The van der Waals surface area contributed by atoms with Crippen LogP contribution in [0.1, 0.15) is 10.4 Å². The average Bonchev–Trinajstić information content (AvgIpc) is 2.29. The number of halogens is 4. The summed E-state index contributed by atoms with van der Waals surface area (Å²) in [5.41, 5.74) is -0.149. The zero-order valence-corrected chi connectivity index (χ0v) is 10.8. The second-order valence-electron chi connectivity index (χ2n) is 3.85. The first-order valence-electron chi connectivity index (χ1n) is 5.02. The standard InChI is InChI=1S/C11H10ClF3N2O2/c1-17(2)9(18)7-5-6(3-4-8(7)12)16-10(19)11(13,14)15/h3-5H,1-2H3,(H,16,19). The summed E-state index contributed by atoms with van der Waals surface area (Å²) >= 11 is 5.78. The van der Waals surface area contributed by atoms with Crippen LogP contribution in [0.3, 0.4) is 0 Å². The van der Waals surface area contributed by atoms with Gasteiger partial charge in [0.1, 0.15) is 0 Å². The molecule has 104 valence electrons. The molecule has 0 aromatic heterocycles. The maximum absolute atomic E-state index is 12.1. The first-order chi connectivity index (χ1) is 8.62. The molecule has 0 saturated carbocycles. The van der Waals surface area contributed by atoms with Gasteiger partial charge in [0, 0.05) is 19.8 Å². The van der Waals surface area contributed by atoms with Gasteiger partial charge in [0.05, 0.1) is 10.6 Å². The Kier molecular flexibility index (Phi) is 4.41. The van der Waals surface area contributed by atoms with E-state index in [9.17, 15) is 22.8 Å². The summed E-state index contributed by atoms with van der Waals surface area (Å²) in [6.07, 6.45) is -4.99. The molecule has 0 atom stereocenters. The van der Waals surface area contributed by atoms with Gasteiger partial charge in [-0.25, -0.2) is 0 Å². The van der Waals surface area contributed by atoms with E-state index in [4.69, 9.17) is 11.6 Å². The van der Waals surface area contributed by atoms with Crippen molar-refractivity contribution in [3.05, 3.63) is 28.8 Å². The van der Waals surface area contributed by atoms with Crippen LogP contribution in [0.25, 0.3) is 0 Å². The number of nitrogens with zero attached hydrogens (tertiary/aromatic N) is 1. The van der Waals surface area contributed by atoms with E-state index >= 15 is 0 Å². The van der Waals surface area contributed by atoms with Crippen molar-refractivity contribution in [3.63, 3.8) is 0 Å². The normalized spacial score (nSPS) is 11.1. The van der Waals surface area contributed by atoms with Crippen LogP contribution in [0.5, 0.6) is 0 Å². The van der Waals surface area contributed by atoms with Crippen LogP contribution in [0, 0.1) is 0 Å². The Morgan fingerprint density at radius 1 is 1.26 bits per heavy atom. The van der Waals surface area contributed by atoms with Crippen LogP contribution in [-0.4, -0.2) is 37.0 Å². The van der Waals surface area contributed by atoms with Crippen molar-refractivity contribution in [1.82, 2.24) is 4.90 Å². The van der Waals surface area contributed by atoms with Crippen molar-refractivity contribution in [2.45, 2.75) is 6.18 Å². The first kappa shape index (κ1) is 15.3. The number of carbonyl (C=O) groups excluding carboxylic acids is 2. The van der Waals surface area contributed by atoms with Crippen LogP contribution in [-0.2, 0) is 4.79 Å². The van der Waals surface area contributed by atoms with Crippen LogP contribution < -0.4 is 5.32 Å². The molecule has 0 spiro atoms. The van der Waals surface area contributed by atoms with Gasteiger partial charge in [-0.2, -0.15) is 13.2 Å². The third kappa shape index (κ3) is 3.85. The highest BCUT2D eigenvalue weighted by Gasteiger charge is 2.38. The third-order valence-electron chi connectivity index (χ3n) is 2.12. The molecular formula is C11H10ClF3N2O2. The van der Waals surface area contributed by atoms with Crippen molar-refractivity contribution >= 4 is 29.1 Å². The lowest BCUT2D eigenvalue weighted by Crippen LogP contribution is -2.30. The molecule has 19 heavy (non-hydrogen) atoms. The molecule has 0 saturated heterocycles. The van der Waals surface area contributed by atoms with E-state index in [1.807, 2.05) is 0 Å². The first-order valence-corrected chi connectivity index (χ1v) is 5.40. The van der Waals surface area contributed by atoms with Crippen molar-refractivity contribution < 1.29 is 22.8 Å². The van der Waals surface area contributed by atoms with Gasteiger partial charge in [0.15, 0.2) is 0 Å². The molecular weight excluding hydrogens is 285 g/mol. The highest BCUT2D eigenvalue weighted by molar-refractivity contribution is 6.34. The fourth-order valence-electron chi connectivity index (χ4n) is 1.21. The minimum absolute atomic E-state index is 0.00615. The van der Waals surface area contributed by atoms with Crippen molar-refractivity contribution in [2.75, 3.05) is 19.4 Å². The molecule has 0 radical (unpaired) electrons. The summed E-state index contributed by atoms with van der Waals surface area (Å²) in [5, 5.41) is 1.74. The van der Waals surface area contributed by atoms with Gasteiger partial charge in [0.2, 0.25) is 0 Å². The van der Waals surface area contributed by atoms with Crippen LogP contribution in [0.2, 0.25) is 5.02 Å². The summed E-state index contributed by atoms with van der Waals surface area (Å²) < 4.78 is 36.3. The molecule has 0 heterocycles. The lowest BCUT2D eigenvalue weighted by molar-refractivity contribution is -0.167. The highest BCUT2D eigenvalue weighted by atomic mass is 35.5. The fraction of sp³-hybridized carbons (Fsp3) is 0.273. The number of alkyl halides is 3. The Hall–Kier alpha value is -1.76. The zero-order chi connectivity index (χ0) is 14.8. The minimum Gasteiger partial charge on any atom is -0.345 e. The maximum Gasteiger partial charge on any atom is 0.471 e. The smallest absolute Gasteiger partial charge is 0.345 e. The molecule has 0 aliphatic heterocycles. The van der Waals surface area contributed by atoms with Gasteiger partial charge in [-0.05, 0) is 18.2 Å². The Labute approximate surface area is 112 Å². The van der Waals surface area contributed by atoms with Crippen LogP contribution in [0.15, 0.2) is 18.2 Å². The van der Waals surface area contributed by atoms with E-state index in [0.29, 0.717) is 0 Å². The monoisotopic (exact) mass is 294 g/mol. The average molecular weight is 295 g/mol. The van der Waals surface area contributed by atoms with Gasteiger partial charge in [-0.1, -0.05) is 11.6 Å². The highest BCUT2D eigenvalue weighted by Crippen LogP contribution is 2.23. The summed E-state index contributed by atoms with van der Waals surface area (Å²) in [6, 6.07) is 3.51. The molecule has 1 rings (SSSR count). The van der Waals surface area contributed by atoms with Gasteiger partial charge in [-0.3, -0.25) is 9.59 Å². The SMILES string of the molecule is CN(C)C(=O)c1cc(NC(=O)C(F)(F)F)ccc1Cl. The zero-order valence-electron chi connectivity index (χ0n) is 10.0. The molecule has 0 aliphatic rings. The van der Waals surface area contributed by atoms with Gasteiger partial charge in [-0.15, -0.1) is 0 Å². The Balaban J connectivity index is 3.04. The van der Waals surface area contributed by atoms with E-state index in [2.05, 4.69) is 0 Å². The number of rotatable bonds is 2. The third-order valence-corrected chi connectivity index (χ3v) is 2.45. The number of nitrogens with one attached hydrogen (secondary N) is 1.